The summed E-state index contributed by atoms with van der Waals surface area (Å²) in [6.07, 6.45) is 0. The molecule has 1 aromatic carbocycles. The second-order valence-corrected chi connectivity index (χ2v) is 4.83. The molecule has 1 aromatic rings. The maximum absolute atomic E-state index is 6.17. The predicted molar refractivity (Wildman–Crippen MR) is 67.6 cm³/mol. The van der Waals surface area contributed by atoms with Crippen molar-refractivity contribution in [2.24, 2.45) is 0 Å². The molecule has 0 bridgehead atoms. The Bertz CT molecular complexity index is 309. The Balaban J connectivity index is 2.76. The van der Waals surface area contributed by atoms with Gasteiger partial charge in [0.15, 0.2) is 0 Å². The van der Waals surface area contributed by atoms with Gasteiger partial charge >= 0.3 is 0 Å². The molecule has 15 heavy (non-hydrogen) atoms. The van der Waals surface area contributed by atoms with Gasteiger partial charge in [-0.3, -0.25) is 0 Å². The first-order valence-electron chi connectivity index (χ1n) is 5.53. The van der Waals surface area contributed by atoms with E-state index in [9.17, 15) is 0 Å². The molecule has 2 unspecified atom stereocenters. The van der Waals surface area contributed by atoms with Gasteiger partial charge in [0.05, 0.1) is 0 Å². The van der Waals surface area contributed by atoms with Gasteiger partial charge in [0, 0.05) is 17.1 Å². The van der Waals surface area contributed by atoms with Crippen molar-refractivity contribution in [1.82, 2.24) is 5.32 Å². The Hall–Kier alpha value is -0.530. The number of hydrogen-bond acceptors (Lipinski definition) is 1. The summed E-state index contributed by atoms with van der Waals surface area (Å²) in [6, 6.07) is 9.01. The van der Waals surface area contributed by atoms with Crippen molar-refractivity contribution >= 4 is 11.6 Å². The highest BCUT2D eigenvalue weighted by atomic mass is 35.5. The van der Waals surface area contributed by atoms with E-state index in [-0.39, 0.29) is 0 Å². The molecule has 2 heteroatoms. The van der Waals surface area contributed by atoms with Crippen LogP contribution in [0.1, 0.15) is 39.2 Å². The summed E-state index contributed by atoms with van der Waals surface area (Å²) in [5.74, 6) is 0.432. The van der Waals surface area contributed by atoms with E-state index in [1.54, 1.807) is 0 Å². The summed E-state index contributed by atoms with van der Waals surface area (Å²) < 4.78 is 0. The third-order valence-corrected chi connectivity index (χ3v) is 3.09. The van der Waals surface area contributed by atoms with E-state index in [1.165, 1.54) is 5.56 Å². The average molecular weight is 226 g/mol. The van der Waals surface area contributed by atoms with Gasteiger partial charge in [-0.15, -0.1) is 0 Å². The van der Waals surface area contributed by atoms with E-state index >= 15 is 0 Å². The van der Waals surface area contributed by atoms with Crippen LogP contribution in [0.15, 0.2) is 24.3 Å². The third kappa shape index (κ3) is 3.51. The second-order valence-electron chi connectivity index (χ2n) is 4.42. The monoisotopic (exact) mass is 225 g/mol. The fraction of sp³-hybridized carbons (Fsp3) is 0.538. The average Bonchev–Trinajstić information content (AvgIpc) is 2.16. The number of nitrogens with one attached hydrogen (secondary N) is 1. The van der Waals surface area contributed by atoms with E-state index in [1.807, 2.05) is 18.2 Å². The first-order chi connectivity index (χ1) is 7.02. The van der Waals surface area contributed by atoms with E-state index in [4.69, 9.17) is 11.6 Å². The lowest BCUT2D eigenvalue weighted by Gasteiger charge is -2.24. The number of halogens is 1. The van der Waals surface area contributed by atoms with Crippen LogP contribution in [-0.4, -0.2) is 12.1 Å². The minimum Gasteiger partial charge on any atom is -0.311 e. The van der Waals surface area contributed by atoms with Crippen molar-refractivity contribution in [3.05, 3.63) is 34.9 Å². The molecule has 0 heterocycles. The molecular formula is C13H20ClN. The fourth-order valence-corrected chi connectivity index (χ4v) is 2.09. The lowest BCUT2D eigenvalue weighted by molar-refractivity contribution is 0.440. The van der Waals surface area contributed by atoms with Crippen LogP contribution in [0.3, 0.4) is 0 Å². The highest BCUT2D eigenvalue weighted by Gasteiger charge is 2.16. The van der Waals surface area contributed by atoms with Crippen LogP contribution in [0, 0.1) is 0 Å². The largest absolute Gasteiger partial charge is 0.311 e. The topological polar surface area (TPSA) is 12.0 Å². The van der Waals surface area contributed by atoms with Crippen LogP contribution < -0.4 is 5.32 Å². The molecule has 0 saturated heterocycles. The van der Waals surface area contributed by atoms with Crippen LogP contribution in [0.25, 0.3) is 0 Å². The van der Waals surface area contributed by atoms with Crippen molar-refractivity contribution in [2.75, 3.05) is 0 Å². The number of rotatable bonds is 4. The molecule has 84 valence electrons. The smallest absolute Gasteiger partial charge is 0.0441 e. The molecule has 0 radical (unpaired) electrons. The van der Waals surface area contributed by atoms with Gasteiger partial charge in [0.2, 0.25) is 0 Å². The van der Waals surface area contributed by atoms with Crippen molar-refractivity contribution in [3.63, 3.8) is 0 Å². The summed E-state index contributed by atoms with van der Waals surface area (Å²) in [5.41, 5.74) is 1.22. The highest BCUT2D eigenvalue weighted by Crippen LogP contribution is 2.26. The molecule has 0 aromatic heterocycles. The zero-order valence-corrected chi connectivity index (χ0v) is 10.7. The lowest BCUT2D eigenvalue weighted by Crippen LogP contribution is -2.36. The normalized spacial score (nSPS) is 15.3. The fourth-order valence-electron chi connectivity index (χ4n) is 1.78. The van der Waals surface area contributed by atoms with Crippen molar-refractivity contribution in [1.29, 1.82) is 0 Å². The minimum absolute atomic E-state index is 0.432. The third-order valence-electron chi connectivity index (χ3n) is 2.74. The molecule has 1 rings (SSSR count). The van der Waals surface area contributed by atoms with Crippen LogP contribution >= 0.6 is 11.6 Å². The Morgan fingerprint density at radius 3 is 2.20 bits per heavy atom. The molecule has 0 amide bonds. The van der Waals surface area contributed by atoms with Crippen LogP contribution in [-0.2, 0) is 0 Å². The van der Waals surface area contributed by atoms with E-state index in [0.717, 1.165) is 5.02 Å². The quantitative estimate of drug-likeness (QED) is 0.822. The van der Waals surface area contributed by atoms with Gasteiger partial charge in [-0.2, -0.15) is 0 Å². The first-order valence-corrected chi connectivity index (χ1v) is 5.90. The van der Waals surface area contributed by atoms with Crippen molar-refractivity contribution in [2.45, 2.75) is 45.7 Å². The lowest BCUT2D eigenvalue weighted by atomic mass is 9.94. The SMILES string of the molecule is CC(C)NC(C)C(C)c1ccccc1Cl. The van der Waals surface area contributed by atoms with Crippen LogP contribution in [0.5, 0.6) is 0 Å². The molecular weight excluding hydrogens is 206 g/mol. The van der Waals surface area contributed by atoms with Crippen LogP contribution in [0.4, 0.5) is 0 Å². The Morgan fingerprint density at radius 2 is 1.67 bits per heavy atom. The summed E-state index contributed by atoms with van der Waals surface area (Å²) >= 11 is 6.17. The van der Waals surface area contributed by atoms with Crippen molar-refractivity contribution in [3.8, 4) is 0 Å². The molecule has 0 aliphatic heterocycles. The van der Waals surface area contributed by atoms with E-state index in [0.29, 0.717) is 18.0 Å². The predicted octanol–water partition coefficient (Wildman–Crippen LogP) is 3.83. The molecule has 0 spiro atoms. The van der Waals surface area contributed by atoms with Gasteiger partial charge in [0.25, 0.3) is 0 Å². The van der Waals surface area contributed by atoms with E-state index in [2.05, 4.69) is 39.1 Å². The first kappa shape index (κ1) is 12.5. The Kier molecular flexibility index (Phi) is 4.62. The zero-order valence-electron chi connectivity index (χ0n) is 9.92. The molecule has 0 fully saturated rings. The summed E-state index contributed by atoms with van der Waals surface area (Å²) in [6.45, 7) is 8.74. The van der Waals surface area contributed by atoms with Gasteiger partial charge < -0.3 is 5.32 Å². The maximum atomic E-state index is 6.17. The highest BCUT2D eigenvalue weighted by molar-refractivity contribution is 6.31. The van der Waals surface area contributed by atoms with Gasteiger partial charge in [-0.1, -0.05) is 50.6 Å². The number of hydrogen-bond donors (Lipinski definition) is 1. The number of benzene rings is 1. The summed E-state index contributed by atoms with van der Waals surface area (Å²) in [4.78, 5) is 0. The molecule has 1 nitrogen and oxygen atoms in total. The van der Waals surface area contributed by atoms with Crippen LogP contribution in [0.2, 0.25) is 5.02 Å². The molecule has 2 atom stereocenters. The van der Waals surface area contributed by atoms with Gasteiger partial charge in [-0.05, 0) is 24.5 Å². The Morgan fingerprint density at radius 1 is 1.07 bits per heavy atom. The van der Waals surface area contributed by atoms with Gasteiger partial charge in [0.1, 0.15) is 0 Å². The van der Waals surface area contributed by atoms with E-state index < -0.39 is 0 Å². The standard InChI is InChI=1S/C13H20ClN/c1-9(2)15-11(4)10(3)12-7-5-6-8-13(12)14/h5-11,15H,1-4H3. The summed E-state index contributed by atoms with van der Waals surface area (Å²) in [5, 5.41) is 4.37. The molecule has 0 aliphatic carbocycles. The maximum Gasteiger partial charge on any atom is 0.0441 e. The zero-order chi connectivity index (χ0) is 11.4. The Labute approximate surface area is 97.8 Å². The molecule has 0 saturated carbocycles. The second kappa shape index (κ2) is 5.53. The summed E-state index contributed by atoms with van der Waals surface area (Å²) in [7, 11) is 0. The molecule has 0 aliphatic rings. The van der Waals surface area contributed by atoms with Gasteiger partial charge in [-0.25, -0.2) is 0 Å². The minimum atomic E-state index is 0.432. The van der Waals surface area contributed by atoms with Crippen molar-refractivity contribution < 1.29 is 0 Å². The molecule has 1 N–H and O–H groups in total.